The molecule has 1 rings (SSSR count). The minimum atomic E-state index is -4.77. The standard InChI is InChI=1S/C10H7BrF4O/c11-5-1-2-7-6-8(3-4-9(7)12)16-10(13,14)15/h1-4,6H,5H2. The van der Waals surface area contributed by atoms with Crippen LogP contribution in [0.25, 0.3) is 6.08 Å². The van der Waals surface area contributed by atoms with E-state index in [4.69, 9.17) is 0 Å². The van der Waals surface area contributed by atoms with E-state index in [9.17, 15) is 17.6 Å². The number of hydrogen-bond acceptors (Lipinski definition) is 1. The summed E-state index contributed by atoms with van der Waals surface area (Å²) in [6, 6.07) is 2.84. The van der Waals surface area contributed by atoms with E-state index >= 15 is 0 Å². The molecule has 0 bridgehead atoms. The average molecular weight is 299 g/mol. The Morgan fingerprint density at radius 3 is 2.56 bits per heavy atom. The van der Waals surface area contributed by atoms with Gasteiger partial charge in [0.15, 0.2) is 0 Å². The van der Waals surface area contributed by atoms with Crippen molar-refractivity contribution in [3.05, 3.63) is 35.7 Å². The number of allylic oxidation sites excluding steroid dienone is 1. The number of halogens is 5. The quantitative estimate of drug-likeness (QED) is 0.602. The van der Waals surface area contributed by atoms with Crippen LogP contribution in [0.2, 0.25) is 0 Å². The van der Waals surface area contributed by atoms with Crippen molar-refractivity contribution in [2.24, 2.45) is 0 Å². The van der Waals surface area contributed by atoms with Crippen molar-refractivity contribution in [1.29, 1.82) is 0 Å². The molecular formula is C10H7BrF4O. The third-order valence-electron chi connectivity index (χ3n) is 1.59. The highest BCUT2D eigenvalue weighted by atomic mass is 79.9. The third-order valence-corrected chi connectivity index (χ3v) is 1.96. The number of rotatable bonds is 3. The SMILES string of the molecule is Fc1ccc(OC(F)(F)F)cc1C=CCBr. The van der Waals surface area contributed by atoms with Gasteiger partial charge in [-0.3, -0.25) is 0 Å². The maximum Gasteiger partial charge on any atom is 0.573 e. The van der Waals surface area contributed by atoms with Gasteiger partial charge in [-0.2, -0.15) is 0 Å². The lowest BCUT2D eigenvalue weighted by molar-refractivity contribution is -0.274. The van der Waals surface area contributed by atoms with Gasteiger partial charge in [-0.1, -0.05) is 28.1 Å². The first-order valence-corrected chi connectivity index (χ1v) is 5.32. The zero-order valence-corrected chi connectivity index (χ0v) is 9.48. The Morgan fingerprint density at radius 1 is 1.31 bits per heavy atom. The highest BCUT2D eigenvalue weighted by Gasteiger charge is 2.31. The maximum absolute atomic E-state index is 13.1. The number of alkyl halides is 4. The Labute approximate surface area is 97.8 Å². The highest BCUT2D eigenvalue weighted by molar-refractivity contribution is 9.09. The molecule has 1 aromatic rings. The first-order valence-electron chi connectivity index (χ1n) is 4.20. The molecule has 0 fully saturated rings. The first-order chi connectivity index (χ1) is 7.42. The van der Waals surface area contributed by atoms with Crippen LogP contribution in [0, 0.1) is 5.82 Å². The summed E-state index contributed by atoms with van der Waals surface area (Å²) in [7, 11) is 0. The van der Waals surface area contributed by atoms with Crippen molar-refractivity contribution in [1.82, 2.24) is 0 Å². The molecule has 0 aliphatic carbocycles. The Balaban J connectivity index is 2.94. The van der Waals surface area contributed by atoms with Crippen molar-refractivity contribution in [3.63, 3.8) is 0 Å². The van der Waals surface area contributed by atoms with Crippen LogP contribution in [0.3, 0.4) is 0 Å². The van der Waals surface area contributed by atoms with Crippen LogP contribution >= 0.6 is 15.9 Å². The molecule has 16 heavy (non-hydrogen) atoms. The lowest BCUT2D eigenvalue weighted by Crippen LogP contribution is -2.17. The fourth-order valence-electron chi connectivity index (χ4n) is 1.02. The second kappa shape index (κ2) is 5.34. The zero-order chi connectivity index (χ0) is 12.2. The van der Waals surface area contributed by atoms with Gasteiger partial charge in [0.05, 0.1) is 0 Å². The molecule has 0 N–H and O–H groups in total. The van der Waals surface area contributed by atoms with E-state index in [1.807, 2.05) is 0 Å². The molecule has 0 aliphatic heterocycles. The third kappa shape index (κ3) is 4.22. The fourth-order valence-corrected chi connectivity index (χ4v) is 1.21. The molecule has 0 spiro atoms. The summed E-state index contributed by atoms with van der Waals surface area (Å²) < 4.78 is 52.4. The van der Waals surface area contributed by atoms with Crippen LogP contribution in [0.15, 0.2) is 24.3 Å². The predicted octanol–water partition coefficient (Wildman–Crippen LogP) is 4.13. The fraction of sp³-hybridized carbons (Fsp3) is 0.200. The first kappa shape index (κ1) is 13.0. The van der Waals surface area contributed by atoms with Gasteiger partial charge in [0.1, 0.15) is 11.6 Å². The summed E-state index contributed by atoms with van der Waals surface area (Å²) in [5.41, 5.74) is 0.0428. The smallest absolute Gasteiger partial charge is 0.406 e. The molecule has 0 unspecified atom stereocenters. The largest absolute Gasteiger partial charge is 0.573 e. The molecule has 0 aromatic heterocycles. The van der Waals surface area contributed by atoms with Gasteiger partial charge in [-0.05, 0) is 18.2 Å². The van der Waals surface area contributed by atoms with Gasteiger partial charge in [0.2, 0.25) is 0 Å². The summed E-state index contributed by atoms with van der Waals surface area (Å²) in [5, 5.41) is 0.483. The van der Waals surface area contributed by atoms with Crippen molar-refractivity contribution in [2.75, 3.05) is 5.33 Å². The molecular weight excluding hydrogens is 292 g/mol. The predicted molar refractivity (Wildman–Crippen MR) is 55.9 cm³/mol. The maximum atomic E-state index is 13.1. The monoisotopic (exact) mass is 298 g/mol. The van der Waals surface area contributed by atoms with E-state index < -0.39 is 17.9 Å². The van der Waals surface area contributed by atoms with Crippen molar-refractivity contribution in [2.45, 2.75) is 6.36 Å². The van der Waals surface area contributed by atoms with Crippen molar-refractivity contribution < 1.29 is 22.3 Å². The lowest BCUT2D eigenvalue weighted by Gasteiger charge is -2.09. The second-order valence-corrected chi connectivity index (χ2v) is 3.44. The van der Waals surface area contributed by atoms with E-state index in [0.29, 0.717) is 5.33 Å². The van der Waals surface area contributed by atoms with Gasteiger partial charge >= 0.3 is 6.36 Å². The molecule has 88 valence electrons. The molecule has 0 radical (unpaired) electrons. The molecule has 0 heterocycles. The van der Waals surface area contributed by atoms with Gasteiger partial charge < -0.3 is 4.74 Å². The molecule has 0 saturated heterocycles. The van der Waals surface area contributed by atoms with E-state index in [2.05, 4.69) is 20.7 Å². The van der Waals surface area contributed by atoms with Gasteiger partial charge in [0, 0.05) is 10.9 Å². The summed E-state index contributed by atoms with van der Waals surface area (Å²) in [6.45, 7) is 0. The van der Waals surface area contributed by atoms with Crippen LogP contribution in [-0.2, 0) is 0 Å². The molecule has 0 amide bonds. The van der Waals surface area contributed by atoms with Gasteiger partial charge in [-0.25, -0.2) is 4.39 Å². The highest BCUT2D eigenvalue weighted by Crippen LogP contribution is 2.25. The molecule has 0 atom stereocenters. The normalized spacial score (nSPS) is 12.1. The summed E-state index contributed by atoms with van der Waals surface area (Å²) in [5.74, 6) is -1.05. The number of benzene rings is 1. The Kier molecular flexibility index (Phi) is 4.35. The number of hydrogen-bond donors (Lipinski definition) is 0. The minimum absolute atomic E-state index is 0.0428. The van der Waals surface area contributed by atoms with Crippen LogP contribution in [0.1, 0.15) is 5.56 Å². The van der Waals surface area contributed by atoms with E-state index in [1.165, 1.54) is 6.08 Å². The van der Waals surface area contributed by atoms with E-state index in [0.717, 1.165) is 18.2 Å². The number of ether oxygens (including phenoxy) is 1. The summed E-state index contributed by atoms with van der Waals surface area (Å²) in [4.78, 5) is 0. The van der Waals surface area contributed by atoms with E-state index in [1.54, 1.807) is 6.08 Å². The second-order valence-electron chi connectivity index (χ2n) is 2.79. The molecule has 0 aliphatic rings. The zero-order valence-electron chi connectivity index (χ0n) is 7.89. The lowest BCUT2D eigenvalue weighted by atomic mass is 10.2. The summed E-state index contributed by atoms with van der Waals surface area (Å²) in [6.07, 6.45) is -1.84. The Bertz CT molecular complexity index is 387. The minimum Gasteiger partial charge on any atom is -0.406 e. The Hall–Kier alpha value is -1.04. The van der Waals surface area contributed by atoms with Crippen LogP contribution in [0.4, 0.5) is 17.6 Å². The van der Waals surface area contributed by atoms with Gasteiger partial charge in [-0.15, -0.1) is 13.2 Å². The Morgan fingerprint density at radius 2 is 2.00 bits per heavy atom. The van der Waals surface area contributed by atoms with E-state index in [-0.39, 0.29) is 5.56 Å². The van der Waals surface area contributed by atoms with Crippen LogP contribution in [0.5, 0.6) is 5.75 Å². The van der Waals surface area contributed by atoms with Crippen LogP contribution in [-0.4, -0.2) is 11.7 Å². The van der Waals surface area contributed by atoms with Crippen LogP contribution < -0.4 is 4.74 Å². The average Bonchev–Trinajstić information content (AvgIpc) is 2.17. The van der Waals surface area contributed by atoms with Gasteiger partial charge in [0.25, 0.3) is 0 Å². The summed E-state index contributed by atoms with van der Waals surface area (Å²) >= 11 is 3.08. The van der Waals surface area contributed by atoms with Crippen molar-refractivity contribution >= 4 is 22.0 Å². The molecule has 6 heteroatoms. The molecule has 0 saturated carbocycles. The topological polar surface area (TPSA) is 9.23 Å². The van der Waals surface area contributed by atoms with Crippen molar-refractivity contribution in [3.8, 4) is 5.75 Å². The molecule has 1 nitrogen and oxygen atoms in total. The molecule has 1 aromatic carbocycles.